The van der Waals surface area contributed by atoms with Crippen molar-refractivity contribution in [1.82, 2.24) is 16.0 Å². The number of nitrogens with one attached hydrogen (secondary N) is 4. The van der Waals surface area contributed by atoms with Crippen LogP contribution in [0.4, 0.5) is 5.69 Å². The topological polar surface area (TPSA) is 197 Å². The second-order valence-electron chi connectivity index (χ2n) is 8.52. The Morgan fingerprint density at radius 1 is 0.868 bits per heavy atom. The molecular weight excluding hydrogens is 640 g/mol. The van der Waals surface area contributed by atoms with Gasteiger partial charge in [0, 0.05) is 71.9 Å². The fourth-order valence-corrected chi connectivity index (χ4v) is 3.26. The van der Waals surface area contributed by atoms with Gasteiger partial charge in [0.15, 0.2) is 5.78 Å². The number of ketones is 1. The minimum Gasteiger partial charge on any atom is -0.481 e. The fourth-order valence-electron chi connectivity index (χ4n) is 3.26. The maximum atomic E-state index is 12.9. The third kappa shape index (κ3) is 13.9. The summed E-state index contributed by atoms with van der Waals surface area (Å²) in [5.41, 5.74) is 7.40. The number of amides is 4. The summed E-state index contributed by atoms with van der Waals surface area (Å²) in [7, 11) is 1.45. The molecule has 13 heteroatoms. The number of aliphatic carboxylic acids is 1. The number of carbonyl (C=O) groups is 6. The van der Waals surface area contributed by atoms with Crippen molar-refractivity contribution in [2.24, 2.45) is 5.73 Å². The SMILES string of the molecule is [CH2-]Cc1ccc(NC(=O)CCC(NC(=O)C(N)CCC(=O)NC)C(=O)NC(CCC(=O)O)C(C)=O)cc1.[Gd]. The molecule has 1 aromatic carbocycles. The molecule has 0 heterocycles. The smallest absolute Gasteiger partial charge is 0.303 e. The Balaban J connectivity index is 0.0000137. The van der Waals surface area contributed by atoms with Crippen molar-refractivity contribution in [3.05, 3.63) is 36.8 Å². The predicted molar refractivity (Wildman–Crippen MR) is 136 cm³/mol. The number of carboxylic acids is 1. The monoisotopic (exact) mass is 676 g/mol. The van der Waals surface area contributed by atoms with Gasteiger partial charge in [-0.05, 0) is 38.3 Å². The Labute approximate surface area is 254 Å². The van der Waals surface area contributed by atoms with Crippen molar-refractivity contribution >= 4 is 41.1 Å². The molecule has 0 saturated heterocycles. The van der Waals surface area contributed by atoms with Crippen LogP contribution in [0.25, 0.3) is 0 Å². The van der Waals surface area contributed by atoms with E-state index in [0.717, 1.165) is 5.56 Å². The summed E-state index contributed by atoms with van der Waals surface area (Å²) >= 11 is 0. The molecule has 1 aromatic rings. The molecule has 0 aliphatic heterocycles. The Morgan fingerprint density at radius 3 is 1.95 bits per heavy atom. The largest absolute Gasteiger partial charge is 0.481 e. The predicted octanol–water partition coefficient (Wildman–Crippen LogP) is 0.0588. The second-order valence-corrected chi connectivity index (χ2v) is 8.52. The molecule has 38 heavy (non-hydrogen) atoms. The number of carboxylic acid groups (broad SMARTS) is 1. The molecule has 7 N–H and O–H groups in total. The van der Waals surface area contributed by atoms with E-state index in [-0.39, 0.29) is 84.4 Å². The first-order chi connectivity index (χ1) is 17.5. The third-order valence-electron chi connectivity index (χ3n) is 5.57. The first-order valence-electron chi connectivity index (χ1n) is 11.9. The molecule has 0 aliphatic carbocycles. The van der Waals surface area contributed by atoms with Crippen LogP contribution in [0.5, 0.6) is 0 Å². The molecule has 0 spiro atoms. The number of benzene rings is 1. The van der Waals surface area contributed by atoms with E-state index in [9.17, 15) is 28.8 Å². The molecule has 12 nitrogen and oxygen atoms in total. The Hall–Kier alpha value is -2.48. The molecule has 0 bridgehead atoms. The zero-order chi connectivity index (χ0) is 28.0. The quantitative estimate of drug-likeness (QED) is 0.132. The summed E-state index contributed by atoms with van der Waals surface area (Å²) in [6, 6.07) is 3.67. The van der Waals surface area contributed by atoms with E-state index in [1.165, 1.54) is 14.0 Å². The van der Waals surface area contributed by atoms with Crippen molar-refractivity contribution in [2.45, 2.75) is 70.0 Å². The van der Waals surface area contributed by atoms with Crippen molar-refractivity contribution in [1.29, 1.82) is 0 Å². The van der Waals surface area contributed by atoms with Gasteiger partial charge in [0.25, 0.3) is 0 Å². The van der Waals surface area contributed by atoms with Crippen LogP contribution in [-0.2, 0) is 35.2 Å². The summed E-state index contributed by atoms with van der Waals surface area (Å²) in [6.07, 6.45) is -0.122. The molecule has 4 amide bonds. The van der Waals surface area contributed by atoms with Crippen LogP contribution < -0.4 is 27.0 Å². The maximum Gasteiger partial charge on any atom is 0.303 e. The molecule has 3 unspecified atom stereocenters. The number of hydrogen-bond acceptors (Lipinski definition) is 7. The van der Waals surface area contributed by atoms with Crippen molar-refractivity contribution in [3.63, 3.8) is 0 Å². The average Bonchev–Trinajstić information content (AvgIpc) is 2.86. The number of hydrogen-bond donors (Lipinski definition) is 6. The van der Waals surface area contributed by atoms with Gasteiger partial charge < -0.3 is 39.0 Å². The molecule has 3 atom stereocenters. The number of nitrogens with two attached hydrogens (primary N) is 1. The standard InChI is InChI=1S/C25H36N5O7.Gd/c1-4-16-5-7-17(8-6-16)28-22(33)13-10-20(30-24(36)18(26)9-12-21(32)27-3)25(37)29-19(15(2)31)11-14-23(34)35;/h5-8,18-20H,1,4,9-14,26H2,2-3H3,(H,27,32)(H,28,33)(H,29,37)(H,30,36)(H,34,35);/q-1;. The van der Waals surface area contributed by atoms with Crippen molar-refractivity contribution in [2.75, 3.05) is 12.4 Å². The minimum atomic E-state index is -1.23. The number of anilines is 1. The summed E-state index contributed by atoms with van der Waals surface area (Å²) in [5.74, 6) is -3.77. The molecule has 0 aromatic heterocycles. The molecule has 212 valence electrons. The van der Waals surface area contributed by atoms with E-state index in [4.69, 9.17) is 10.8 Å². The van der Waals surface area contributed by atoms with E-state index in [2.05, 4.69) is 28.2 Å². The van der Waals surface area contributed by atoms with Gasteiger partial charge in [-0.3, -0.25) is 28.8 Å². The molecule has 0 fully saturated rings. The van der Waals surface area contributed by atoms with Crippen LogP contribution >= 0.6 is 0 Å². The molecular formula is C25H36GdN5O7-. The normalized spacial score (nSPS) is 12.6. The van der Waals surface area contributed by atoms with Gasteiger partial charge in [0.2, 0.25) is 23.6 Å². The number of carbonyl (C=O) groups excluding carboxylic acids is 5. The molecule has 0 saturated carbocycles. The molecule has 0 aliphatic rings. The fraction of sp³-hybridized carbons (Fsp3) is 0.480. The summed E-state index contributed by atoms with van der Waals surface area (Å²) < 4.78 is 0. The first kappa shape index (κ1) is 35.5. The second kappa shape index (κ2) is 18.7. The van der Waals surface area contributed by atoms with Crippen LogP contribution in [0, 0.1) is 46.9 Å². The Kier molecular flexibility index (Phi) is 17.5. The number of rotatable bonds is 16. The van der Waals surface area contributed by atoms with Gasteiger partial charge in [-0.15, -0.1) is 0 Å². The van der Waals surface area contributed by atoms with Crippen LogP contribution in [0.15, 0.2) is 24.3 Å². The zero-order valence-corrected chi connectivity index (χ0v) is 23.8. The van der Waals surface area contributed by atoms with Gasteiger partial charge in [-0.25, -0.2) is 0 Å². The van der Waals surface area contributed by atoms with E-state index in [1.807, 2.05) is 12.1 Å². The van der Waals surface area contributed by atoms with Gasteiger partial charge in [0.1, 0.15) is 6.04 Å². The van der Waals surface area contributed by atoms with Gasteiger partial charge in [0.05, 0.1) is 12.1 Å². The van der Waals surface area contributed by atoms with Crippen molar-refractivity contribution in [3.8, 4) is 0 Å². The van der Waals surface area contributed by atoms with Gasteiger partial charge in [-0.2, -0.15) is 6.42 Å². The summed E-state index contributed by atoms with van der Waals surface area (Å²) in [6.45, 7) is 5.00. The molecule has 0 radical (unpaired) electrons. The van der Waals surface area contributed by atoms with Gasteiger partial charge >= 0.3 is 5.97 Å². The van der Waals surface area contributed by atoms with E-state index in [1.54, 1.807) is 12.1 Å². The average molecular weight is 676 g/mol. The van der Waals surface area contributed by atoms with Crippen molar-refractivity contribution < 1.29 is 73.8 Å². The Bertz CT molecular complexity index is 971. The maximum absolute atomic E-state index is 12.9. The number of Topliss-reactive ketones (excluding diaryl/α,β-unsaturated/α-hetero) is 1. The summed E-state index contributed by atoms with van der Waals surface area (Å²) in [5, 5.41) is 19.0. The van der Waals surface area contributed by atoms with E-state index in [0.29, 0.717) is 12.1 Å². The Morgan fingerprint density at radius 2 is 1.42 bits per heavy atom. The van der Waals surface area contributed by atoms with E-state index >= 15 is 0 Å². The van der Waals surface area contributed by atoms with Crippen LogP contribution in [0.1, 0.15) is 51.0 Å². The van der Waals surface area contributed by atoms with Gasteiger partial charge in [-0.1, -0.05) is 17.7 Å². The summed E-state index contributed by atoms with van der Waals surface area (Å²) in [4.78, 5) is 72.3. The minimum absolute atomic E-state index is 0. The zero-order valence-electron chi connectivity index (χ0n) is 21.5. The first-order valence-corrected chi connectivity index (χ1v) is 11.9. The third-order valence-corrected chi connectivity index (χ3v) is 5.57. The molecule has 1 rings (SSSR count). The van der Waals surface area contributed by atoms with Crippen LogP contribution in [0.2, 0.25) is 0 Å². The van der Waals surface area contributed by atoms with E-state index < -0.39 is 47.6 Å². The van der Waals surface area contributed by atoms with Crippen LogP contribution in [0.3, 0.4) is 0 Å². The van der Waals surface area contributed by atoms with Crippen LogP contribution in [-0.4, -0.2) is 65.7 Å².